The van der Waals surface area contributed by atoms with Crippen molar-refractivity contribution in [1.82, 2.24) is 10.2 Å². The van der Waals surface area contributed by atoms with Gasteiger partial charge in [0.05, 0.1) is 6.10 Å². The standard InChI is InChI=1S/C21H32N4O2/c26-21(22-17-20-5-4-16-27-20)25-14-12-24(13-15-25)19-8-6-18(7-9-19)23-10-2-1-3-11-23/h6-9,20H,1-5,10-17H2,(H,22,26). The average molecular weight is 373 g/mol. The van der Waals surface area contributed by atoms with Crippen molar-refractivity contribution in [2.45, 2.75) is 38.2 Å². The van der Waals surface area contributed by atoms with Crippen LogP contribution in [0.25, 0.3) is 0 Å². The number of urea groups is 1. The van der Waals surface area contributed by atoms with Gasteiger partial charge in [0, 0.05) is 63.8 Å². The molecule has 27 heavy (non-hydrogen) atoms. The Balaban J connectivity index is 1.24. The third-order valence-corrected chi connectivity index (χ3v) is 6.01. The number of ether oxygens (including phenoxy) is 1. The van der Waals surface area contributed by atoms with Crippen molar-refractivity contribution in [3.8, 4) is 0 Å². The lowest BCUT2D eigenvalue weighted by atomic mass is 10.1. The maximum absolute atomic E-state index is 12.4. The molecule has 4 rings (SSSR count). The molecule has 3 saturated heterocycles. The van der Waals surface area contributed by atoms with Gasteiger partial charge in [0.1, 0.15) is 0 Å². The summed E-state index contributed by atoms with van der Waals surface area (Å²) in [5, 5.41) is 3.03. The summed E-state index contributed by atoms with van der Waals surface area (Å²) in [6.07, 6.45) is 6.34. The topological polar surface area (TPSA) is 48.1 Å². The lowest BCUT2D eigenvalue weighted by Gasteiger charge is -2.36. The number of benzene rings is 1. The number of carbonyl (C=O) groups excluding carboxylic acids is 1. The van der Waals surface area contributed by atoms with Gasteiger partial charge >= 0.3 is 6.03 Å². The number of piperazine rings is 1. The Hall–Kier alpha value is -1.95. The lowest BCUT2D eigenvalue weighted by molar-refractivity contribution is 0.108. The first kappa shape index (κ1) is 18.4. The first-order valence-corrected chi connectivity index (χ1v) is 10.5. The van der Waals surface area contributed by atoms with Crippen LogP contribution < -0.4 is 15.1 Å². The number of amides is 2. The van der Waals surface area contributed by atoms with Crippen LogP contribution in [-0.2, 0) is 4.74 Å². The predicted octanol–water partition coefficient (Wildman–Crippen LogP) is 2.69. The molecule has 3 aliphatic rings. The number of hydrogen-bond acceptors (Lipinski definition) is 4. The number of rotatable bonds is 4. The van der Waals surface area contributed by atoms with Crippen LogP contribution in [-0.4, -0.2) is 69.5 Å². The highest BCUT2D eigenvalue weighted by Crippen LogP contribution is 2.24. The summed E-state index contributed by atoms with van der Waals surface area (Å²) in [6, 6.07) is 9.02. The van der Waals surface area contributed by atoms with Crippen molar-refractivity contribution in [2.75, 3.05) is 62.2 Å². The molecular weight excluding hydrogens is 340 g/mol. The van der Waals surface area contributed by atoms with E-state index in [1.807, 2.05) is 4.90 Å². The maximum Gasteiger partial charge on any atom is 0.317 e. The summed E-state index contributed by atoms with van der Waals surface area (Å²) in [4.78, 5) is 19.1. The molecule has 0 radical (unpaired) electrons. The molecule has 6 heteroatoms. The Bertz CT molecular complexity index is 601. The van der Waals surface area contributed by atoms with Crippen molar-refractivity contribution in [1.29, 1.82) is 0 Å². The molecule has 0 spiro atoms. The van der Waals surface area contributed by atoms with Crippen LogP contribution in [0.2, 0.25) is 0 Å². The molecule has 2 amide bonds. The second-order valence-electron chi connectivity index (χ2n) is 7.86. The van der Waals surface area contributed by atoms with E-state index in [0.29, 0.717) is 6.54 Å². The van der Waals surface area contributed by atoms with Crippen molar-refractivity contribution >= 4 is 17.4 Å². The average Bonchev–Trinajstić information content (AvgIpc) is 3.27. The van der Waals surface area contributed by atoms with Crippen molar-refractivity contribution in [3.63, 3.8) is 0 Å². The van der Waals surface area contributed by atoms with Gasteiger partial charge in [-0.25, -0.2) is 4.79 Å². The van der Waals surface area contributed by atoms with Gasteiger partial charge < -0.3 is 24.8 Å². The minimum atomic E-state index is 0.0468. The van der Waals surface area contributed by atoms with Crippen LogP contribution in [0.3, 0.4) is 0 Å². The molecule has 1 N–H and O–H groups in total. The van der Waals surface area contributed by atoms with Gasteiger partial charge in [0.15, 0.2) is 0 Å². The van der Waals surface area contributed by atoms with Crippen LogP contribution in [0, 0.1) is 0 Å². The predicted molar refractivity (Wildman–Crippen MR) is 109 cm³/mol. The molecule has 3 fully saturated rings. The fraction of sp³-hybridized carbons (Fsp3) is 0.667. The summed E-state index contributed by atoms with van der Waals surface area (Å²) in [5.74, 6) is 0. The highest BCUT2D eigenvalue weighted by Gasteiger charge is 2.23. The van der Waals surface area contributed by atoms with Gasteiger partial charge in [-0.15, -0.1) is 0 Å². The molecule has 0 saturated carbocycles. The van der Waals surface area contributed by atoms with E-state index < -0.39 is 0 Å². The number of anilines is 2. The Morgan fingerprint density at radius 1 is 0.889 bits per heavy atom. The summed E-state index contributed by atoms with van der Waals surface area (Å²) in [7, 11) is 0. The van der Waals surface area contributed by atoms with Crippen LogP contribution in [0.5, 0.6) is 0 Å². The van der Waals surface area contributed by atoms with Crippen LogP contribution in [0.15, 0.2) is 24.3 Å². The molecule has 1 aromatic carbocycles. The van der Waals surface area contributed by atoms with Gasteiger partial charge in [-0.2, -0.15) is 0 Å². The summed E-state index contributed by atoms with van der Waals surface area (Å²) in [6.45, 7) is 7.13. The lowest BCUT2D eigenvalue weighted by Crippen LogP contribution is -2.52. The largest absolute Gasteiger partial charge is 0.376 e. The fourth-order valence-corrected chi connectivity index (χ4v) is 4.31. The molecule has 0 aliphatic carbocycles. The molecule has 1 unspecified atom stereocenters. The van der Waals surface area contributed by atoms with Crippen LogP contribution >= 0.6 is 0 Å². The maximum atomic E-state index is 12.4. The molecule has 0 aromatic heterocycles. The summed E-state index contributed by atoms with van der Waals surface area (Å²) < 4.78 is 5.57. The fourth-order valence-electron chi connectivity index (χ4n) is 4.31. The second kappa shape index (κ2) is 8.83. The quantitative estimate of drug-likeness (QED) is 0.883. The SMILES string of the molecule is O=C(NCC1CCCO1)N1CCN(c2ccc(N3CCCCC3)cc2)CC1. The van der Waals surface area contributed by atoms with Gasteiger partial charge in [-0.3, -0.25) is 0 Å². The zero-order valence-electron chi connectivity index (χ0n) is 16.2. The third-order valence-electron chi connectivity index (χ3n) is 6.01. The van der Waals surface area contributed by atoms with Gasteiger partial charge in [-0.05, 0) is 56.4 Å². The van der Waals surface area contributed by atoms with Crippen LogP contribution in [0.1, 0.15) is 32.1 Å². The van der Waals surface area contributed by atoms with E-state index in [1.165, 1.54) is 43.7 Å². The van der Waals surface area contributed by atoms with E-state index in [1.54, 1.807) is 0 Å². The molecular formula is C21H32N4O2. The molecule has 6 nitrogen and oxygen atoms in total. The van der Waals surface area contributed by atoms with E-state index in [2.05, 4.69) is 39.4 Å². The Morgan fingerprint density at radius 2 is 1.52 bits per heavy atom. The van der Waals surface area contributed by atoms with Gasteiger partial charge in [-0.1, -0.05) is 0 Å². The first-order chi connectivity index (χ1) is 13.3. The third kappa shape index (κ3) is 4.67. The highest BCUT2D eigenvalue weighted by atomic mass is 16.5. The zero-order valence-corrected chi connectivity index (χ0v) is 16.2. The molecule has 1 atom stereocenters. The Labute approximate surface area is 162 Å². The monoisotopic (exact) mass is 372 g/mol. The molecule has 3 heterocycles. The minimum Gasteiger partial charge on any atom is -0.376 e. The number of nitrogens with zero attached hydrogens (tertiary/aromatic N) is 3. The number of carbonyl (C=O) groups is 1. The van der Waals surface area contributed by atoms with E-state index in [0.717, 1.165) is 45.6 Å². The van der Waals surface area contributed by atoms with E-state index >= 15 is 0 Å². The van der Waals surface area contributed by atoms with Gasteiger partial charge in [0.25, 0.3) is 0 Å². The second-order valence-corrected chi connectivity index (χ2v) is 7.86. The van der Waals surface area contributed by atoms with E-state index in [-0.39, 0.29) is 12.1 Å². The minimum absolute atomic E-state index is 0.0468. The molecule has 148 valence electrons. The number of hydrogen-bond donors (Lipinski definition) is 1. The normalized spacial score (nSPS) is 23.6. The summed E-state index contributed by atoms with van der Waals surface area (Å²) >= 11 is 0. The summed E-state index contributed by atoms with van der Waals surface area (Å²) in [5.41, 5.74) is 2.60. The highest BCUT2D eigenvalue weighted by molar-refractivity contribution is 5.74. The Morgan fingerprint density at radius 3 is 2.11 bits per heavy atom. The smallest absolute Gasteiger partial charge is 0.317 e. The number of piperidine rings is 1. The van der Waals surface area contributed by atoms with Crippen molar-refractivity contribution < 1.29 is 9.53 Å². The molecule has 1 aromatic rings. The van der Waals surface area contributed by atoms with Crippen molar-refractivity contribution in [2.24, 2.45) is 0 Å². The van der Waals surface area contributed by atoms with Crippen LogP contribution in [0.4, 0.5) is 16.2 Å². The van der Waals surface area contributed by atoms with Gasteiger partial charge in [0.2, 0.25) is 0 Å². The molecule has 0 bridgehead atoms. The van der Waals surface area contributed by atoms with E-state index in [4.69, 9.17) is 4.74 Å². The first-order valence-electron chi connectivity index (χ1n) is 10.5. The Kier molecular flexibility index (Phi) is 6.02. The molecule has 3 aliphatic heterocycles. The number of nitrogens with one attached hydrogen (secondary N) is 1. The van der Waals surface area contributed by atoms with Crippen molar-refractivity contribution in [3.05, 3.63) is 24.3 Å². The van der Waals surface area contributed by atoms with E-state index in [9.17, 15) is 4.79 Å². The zero-order chi connectivity index (χ0) is 18.5.